The molecule has 3 heteroatoms. The minimum Gasteiger partial charge on any atom is -0.252 e. The third kappa shape index (κ3) is 1.97. The summed E-state index contributed by atoms with van der Waals surface area (Å²) in [5, 5.41) is 0. The summed E-state index contributed by atoms with van der Waals surface area (Å²) in [4.78, 5) is 0. The van der Waals surface area contributed by atoms with Crippen LogP contribution in [0.15, 0.2) is 0 Å². The normalized spacial score (nSPS) is 19.1. The van der Waals surface area contributed by atoms with Gasteiger partial charge in [0.25, 0.3) is 0 Å². The molecule has 0 bridgehead atoms. The quantitative estimate of drug-likeness (QED) is 0.607. The van der Waals surface area contributed by atoms with Gasteiger partial charge in [-0.05, 0) is 20.8 Å². The Labute approximate surface area is 57.6 Å². The van der Waals surface area contributed by atoms with Crippen molar-refractivity contribution in [2.45, 2.75) is 32.4 Å². The molecule has 0 saturated carbocycles. The van der Waals surface area contributed by atoms with E-state index in [1.165, 1.54) is 0 Å². The van der Waals surface area contributed by atoms with Gasteiger partial charge in [-0.2, -0.15) is 0 Å². The Balaban J connectivity index is 4.57. The molecule has 0 aliphatic heterocycles. The number of nitrogens with one attached hydrogen (secondary N) is 1. The summed E-state index contributed by atoms with van der Waals surface area (Å²) < 4.78 is 18.2. The lowest BCUT2D eigenvalue weighted by molar-refractivity contribution is 0.638. The zero-order chi connectivity index (χ0) is 7.71. The average molecular weight is 149 g/mol. The van der Waals surface area contributed by atoms with Crippen molar-refractivity contribution < 1.29 is 4.21 Å². The average Bonchev–Trinajstić information content (AvgIpc) is 1.64. The summed E-state index contributed by atoms with van der Waals surface area (Å²) in [7, 11) is -2.34. The Hall–Kier alpha value is -0.0500. The highest BCUT2D eigenvalue weighted by Crippen LogP contribution is 2.15. The summed E-state index contributed by atoms with van der Waals surface area (Å²) in [6, 6.07) is 0. The van der Waals surface area contributed by atoms with Gasteiger partial charge in [0.05, 0.1) is 0 Å². The van der Waals surface area contributed by atoms with Crippen LogP contribution in [0, 0.1) is 4.78 Å². The summed E-state index contributed by atoms with van der Waals surface area (Å²) in [6.07, 6.45) is 0. The second-order valence-corrected chi connectivity index (χ2v) is 6.23. The largest absolute Gasteiger partial charge is 0.252 e. The molecule has 0 aliphatic carbocycles. The van der Waals surface area contributed by atoms with Crippen molar-refractivity contribution >= 4 is 9.73 Å². The van der Waals surface area contributed by atoms with Crippen molar-refractivity contribution in [1.82, 2.24) is 0 Å². The van der Waals surface area contributed by atoms with E-state index in [2.05, 4.69) is 0 Å². The van der Waals surface area contributed by atoms with Crippen molar-refractivity contribution in [3.63, 3.8) is 0 Å². The van der Waals surface area contributed by atoms with E-state index in [0.29, 0.717) is 5.75 Å². The van der Waals surface area contributed by atoms with Crippen LogP contribution < -0.4 is 0 Å². The fraction of sp³-hybridized carbons (Fsp3) is 1.00. The van der Waals surface area contributed by atoms with Crippen LogP contribution in [-0.2, 0) is 9.73 Å². The van der Waals surface area contributed by atoms with E-state index in [1.54, 1.807) is 6.92 Å². The lowest BCUT2D eigenvalue weighted by atomic mass is 10.3. The minimum absolute atomic E-state index is 0.359. The number of rotatable bonds is 1. The summed E-state index contributed by atoms with van der Waals surface area (Å²) in [6.45, 7) is 7.31. The van der Waals surface area contributed by atoms with Gasteiger partial charge in [0.1, 0.15) is 0 Å². The van der Waals surface area contributed by atoms with Crippen molar-refractivity contribution in [2.24, 2.45) is 0 Å². The van der Waals surface area contributed by atoms with Gasteiger partial charge in [0, 0.05) is 20.2 Å². The van der Waals surface area contributed by atoms with Gasteiger partial charge in [0.2, 0.25) is 0 Å². The SMILES string of the molecule is CC[S@](=N)(=O)C(C)(C)C. The molecule has 1 N–H and O–H groups in total. The standard InChI is InChI=1S/C6H15NOS/c1-5-9(7,8)6(2,3)4/h7H,5H2,1-4H3/t9-/m0/s1. The molecule has 0 rings (SSSR count). The molecule has 0 amide bonds. The third-order valence-electron chi connectivity index (χ3n) is 1.40. The van der Waals surface area contributed by atoms with Crippen molar-refractivity contribution in [2.75, 3.05) is 5.75 Å². The van der Waals surface area contributed by atoms with Crippen LogP contribution in [-0.4, -0.2) is 14.7 Å². The van der Waals surface area contributed by atoms with E-state index in [9.17, 15) is 4.21 Å². The Bertz CT molecular complexity index is 174. The van der Waals surface area contributed by atoms with Crippen molar-refractivity contribution in [3.05, 3.63) is 0 Å². The van der Waals surface area contributed by atoms with Crippen LogP contribution >= 0.6 is 0 Å². The first-order valence-electron chi connectivity index (χ1n) is 3.07. The molecule has 2 nitrogen and oxygen atoms in total. The van der Waals surface area contributed by atoms with Crippen LogP contribution in [0.25, 0.3) is 0 Å². The lowest BCUT2D eigenvalue weighted by Crippen LogP contribution is -2.28. The number of hydrogen-bond acceptors (Lipinski definition) is 2. The number of hydrogen-bond donors (Lipinski definition) is 1. The minimum atomic E-state index is -2.34. The zero-order valence-electron chi connectivity index (χ0n) is 6.52. The fourth-order valence-corrected chi connectivity index (χ4v) is 1.30. The molecule has 0 saturated heterocycles. The summed E-state index contributed by atoms with van der Waals surface area (Å²) in [5.41, 5.74) is 0. The molecular weight excluding hydrogens is 134 g/mol. The molecule has 0 aromatic carbocycles. The van der Waals surface area contributed by atoms with Gasteiger partial charge in [-0.15, -0.1) is 0 Å². The molecular formula is C6H15NOS. The van der Waals surface area contributed by atoms with Gasteiger partial charge in [-0.1, -0.05) is 6.92 Å². The topological polar surface area (TPSA) is 40.9 Å². The highest BCUT2D eigenvalue weighted by molar-refractivity contribution is 7.93. The highest BCUT2D eigenvalue weighted by Gasteiger charge is 2.22. The molecule has 0 unspecified atom stereocenters. The first-order valence-corrected chi connectivity index (χ1v) is 4.80. The summed E-state index contributed by atoms with van der Waals surface area (Å²) >= 11 is 0. The van der Waals surface area contributed by atoms with E-state index in [4.69, 9.17) is 4.78 Å². The second kappa shape index (κ2) is 2.29. The predicted octanol–water partition coefficient (Wildman–Crippen LogP) is 1.85. The van der Waals surface area contributed by atoms with E-state index in [1.807, 2.05) is 20.8 Å². The highest BCUT2D eigenvalue weighted by atomic mass is 32.2. The van der Waals surface area contributed by atoms with Crippen LogP contribution in [0.5, 0.6) is 0 Å². The van der Waals surface area contributed by atoms with Gasteiger partial charge >= 0.3 is 0 Å². The molecule has 0 spiro atoms. The Morgan fingerprint density at radius 1 is 1.44 bits per heavy atom. The third-order valence-corrected chi connectivity index (χ3v) is 4.19. The maximum Gasteiger partial charge on any atom is 0.0488 e. The smallest absolute Gasteiger partial charge is 0.0488 e. The van der Waals surface area contributed by atoms with Crippen LogP contribution in [0.3, 0.4) is 0 Å². The molecule has 0 aromatic heterocycles. The molecule has 0 radical (unpaired) electrons. The first-order chi connectivity index (χ1) is 3.81. The molecule has 0 fully saturated rings. The molecule has 1 atom stereocenters. The van der Waals surface area contributed by atoms with E-state index < -0.39 is 9.73 Å². The molecule has 9 heavy (non-hydrogen) atoms. The molecule has 0 heterocycles. The first kappa shape index (κ1) is 8.95. The van der Waals surface area contributed by atoms with Crippen molar-refractivity contribution in [3.8, 4) is 0 Å². The molecule has 56 valence electrons. The van der Waals surface area contributed by atoms with Gasteiger partial charge in [-0.3, -0.25) is 4.78 Å². The van der Waals surface area contributed by atoms with Gasteiger partial charge in [0.15, 0.2) is 0 Å². The molecule has 0 aromatic rings. The van der Waals surface area contributed by atoms with Crippen LogP contribution in [0.2, 0.25) is 0 Å². The van der Waals surface area contributed by atoms with Gasteiger partial charge in [-0.25, -0.2) is 4.21 Å². The maximum atomic E-state index is 11.2. The van der Waals surface area contributed by atoms with Crippen LogP contribution in [0.4, 0.5) is 0 Å². The monoisotopic (exact) mass is 149 g/mol. The Kier molecular flexibility index (Phi) is 2.28. The fourth-order valence-electron chi connectivity index (χ4n) is 0.433. The maximum absolute atomic E-state index is 11.2. The van der Waals surface area contributed by atoms with Gasteiger partial charge < -0.3 is 0 Å². The lowest BCUT2D eigenvalue weighted by Gasteiger charge is -2.20. The van der Waals surface area contributed by atoms with E-state index in [0.717, 1.165) is 0 Å². The Morgan fingerprint density at radius 3 is 1.78 bits per heavy atom. The van der Waals surface area contributed by atoms with Crippen LogP contribution in [0.1, 0.15) is 27.7 Å². The van der Waals surface area contributed by atoms with E-state index in [-0.39, 0.29) is 4.75 Å². The second-order valence-electron chi connectivity index (χ2n) is 3.08. The Morgan fingerprint density at radius 2 is 1.78 bits per heavy atom. The predicted molar refractivity (Wildman–Crippen MR) is 41.2 cm³/mol. The van der Waals surface area contributed by atoms with Crippen molar-refractivity contribution in [1.29, 1.82) is 4.78 Å². The summed E-state index contributed by atoms with van der Waals surface area (Å²) in [5.74, 6) is 0.455. The zero-order valence-corrected chi connectivity index (χ0v) is 7.34. The molecule has 0 aliphatic rings. The van der Waals surface area contributed by atoms with E-state index >= 15 is 0 Å².